The van der Waals surface area contributed by atoms with E-state index >= 15 is 0 Å². The van der Waals surface area contributed by atoms with Crippen molar-refractivity contribution in [3.8, 4) is 22.3 Å². The molecule has 0 unspecified atom stereocenters. The molecule has 5 aromatic rings. The lowest BCUT2D eigenvalue weighted by Gasteiger charge is -2.21. The normalized spacial score (nSPS) is 12.4. The van der Waals surface area contributed by atoms with Gasteiger partial charge < -0.3 is 0 Å². The van der Waals surface area contributed by atoms with Crippen LogP contribution in [0, 0.1) is 6.92 Å². The SMILES string of the molecule is CCCN(CC)S(=O)(=O)c1ccccc1-c1cn(S(=O)(=O)c2ccc(C)cc2)c2nccc(-c3ccsc3)c12. The van der Waals surface area contributed by atoms with E-state index in [1.165, 1.54) is 25.8 Å². The molecule has 3 aromatic heterocycles. The maximum atomic E-state index is 13.9. The van der Waals surface area contributed by atoms with Crippen molar-refractivity contribution >= 4 is 42.4 Å². The molecule has 3 heterocycles. The molecule has 0 aliphatic carbocycles. The van der Waals surface area contributed by atoms with Crippen molar-refractivity contribution in [3.63, 3.8) is 0 Å². The largest absolute Gasteiger partial charge is 0.269 e. The number of aromatic nitrogens is 2. The van der Waals surface area contributed by atoms with E-state index in [1.54, 1.807) is 54.7 Å². The molecule has 10 heteroatoms. The van der Waals surface area contributed by atoms with Gasteiger partial charge in [-0.1, -0.05) is 49.7 Å². The van der Waals surface area contributed by atoms with Gasteiger partial charge in [-0.2, -0.15) is 15.6 Å². The van der Waals surface area contributed by atoms with Gasteiger partial charge in [0, 0.05) is 42.0 Å². The van der Waals surface area contributed by atoms with Gasteiger partial charge in [0.2, 0.25) is 10.0 Å². The molecule has 0 atom stereocenters. The summed E-state index contributed by atoms with van der Waals surface area (Å²) in [6.45, 7) is 6.36. The number of pyridine rings is 1. The Hall–Kier alpha value is -3.31. The summed E-state index contributed by atoms with van der Waals surface area (Å²) in [5.74, 6) is 0. The molecule has 0 saturated carbocycles. The van der Waals surface area contributed by atoms with Crippen molar-refractivity contribution in [2.75, 3.05) is 13.1 Å². The Morgan fingerprint density at radius 3 is 2.31 bits per heavy atom. The number of nitrogens with zero attached hydrogens (tertiary/aromatic N) is 3. The molecule has 2 aromatic carbocycles. The second-order valence-corrected chi connectivity index (χ2v) is 13.7. The van der Waals surface area contributed by atoms with Crippen LogP contribution in [0.5, 0.6) is 0 Å². The molecule has 0 saturated heterocycles. The van der Waals surface area contributed by atoms with Gasteiger partial charge in [-0.05, 0) is 65.6 Å². The van der Waals surface area contributed by atoms with E-state index in [0.717, 1.165) is 16.7 Å². The zero-order valence-electron chi connectivity index (χ0n) is 21.9. The highest BCUT2D eigenvalue weighted by Crippen LogP contribution is 2.41. The lowest BCUT2D eigenvalue weighted by molar-refractivity contribution is 0.427. The van der Waals surface area contributed by atoms with Crippen LogP contribution in [0.25, 0.3) is 33.3 Å². The first-order valence-corrected chi connectivity index (χ1v) is 16.5. The third-order valence-electron chi connectivity index (χ3n) is 6.69. The lowest BCUT2D eigenvalue weighted by atomic mass is 9.99. The Kier molecular flexibility index (Phi) is 7.47. The fourth-order valence-corrected chi connectivity index (χ4v) is 8.47. The molecule has 0 amide bonds. The summed E-state index contributed by atoms with van der Waals surface area (Å²) in [6.07, 6.45) is 3.77. The Balaban J connectivity index is 1.85. The van der Waals surface area contributed by atoms with Crippen LogP contribution < -0.4 is 0 Å². The van der Waals surface area contributed by atoms with Crippen LogP contribution in [0.1, 0.15) is 25.8 Å². The van der Waals surface area contributed by atoms with Gasteiger partial charge in [-0.25, -0.2) is 25.8 Å². The minimum Gasteiger partial charge on any atom is -0.237 e. The van der Waals surface area contributed by atoms with E-state index in [9.17, 15) is 16.8 Å². The predicted octanol–water partition coefficient (Wildman–Crippen LogP) is 6.40. The molecule has 0 spiro atoms. The topological polar surface area (TPSA) is 89.3 Å². The van der Waals surface area contributed by atoms with E-state index in [2.05, 4.69) is 4.98 Å². The van der Waals surface area contributed by atoms with Crippen molar-refractivity contribution in [1.82, 2.24) is 13.3 Å². The van der Waals surface area contributed by atoms with Crippen molar-refractivity contribution in [3.05, 3.63) is 89.4 Å². The summed E-state index contributed by atoms with van der Waals surface area (Å²) in [6, 6.07) is 17.2. The fraction of sp³-hybridized carbons (Fsp3) is 0.207. The molecule has 0 fully saturated rings. The van der Waals surface area contributed by atoms with Gasteiger partial charge in [0.15, 0.2) is 5.65 Å². The molecule has 7 nitrogen and oxygen atoms in total. The zero-order chi connectivity index (χ0) is 27.8. The summed E-state index contributed by atoms with van der Waals surface area (Å²) in [5.41, 5.74) is 3.78. The average Bonchev–Trinajstić information content (AvgIpc) is 3.61. The van der Waals surface area contributed by atoms with Gasteiger partial charge in [-0.3, -0.25) is 0 Å². The van der Waals surface area contributed by atoms with Crippen molar-refractivity contribution in [1.29, 1.82) is 0 Å². The molecule has 202 valence electrons. The molecule has 0 aliphatic rings. The second-order valence-electron chi connectivity index (χ2n) is 9.22. The van der Waals surface area contributed by atoms with Gasteiger partial charge in [0.05, 0.1) is 9.79 Å². The van der Waals surface area contributed by atoms with Crippen LogP contribution in [-0.2, 0) is 20.0 Å². The monoisotopic (exact) mass is 579 g/mol. The van der Waals surface area contributed by atoms with Crippen LogP contribution in [-0.4, -0.2) is 43.2 Å². The van der Waals surface area contributed by atoms with Crippen LogP contribution in [0.3, 0.4) is 0 Å². The second kappa shape index (κ2) is 10.7. The van der Waals surface area contributed by atoms with Crippen molar-refractivity contribution < 1.29 is 16.8 Å². The highest BCUT2D eigenvalue weighted by Gasteiger charge is 2.30. The van der Waals surface area contributed by atoms with Gasteiger partial charge >= 0.3 is 0 Å². The number of benzene rings is 2. The van der Waals surface area contributed by atoms with Crippen molar-refractivity contribution in [2.45, 2.75) is 37.0 Å². The minimum atomic E-state index is -4.04. The Morgan fingerprint density at radius 2 is 1.64 bits per heavy atom. The summed E-state index contributed by atoms with van der Waals surface area (Å²) < 4.78 is 58.1. The molecule has 39 heavy (non-hydrogen) atoms. The van der Waals surface area contributed by atoms with E-state index in [4.69, 9.17) is 0 Å². The quantitative estimate of drug-likeness (QED) is 0.202. The van der Waals surface area contributed by atoms with Crippen LogP contribution >= 0.6 is 11.3 Å². The molecule has 0 radical (unpaired) electrons. The van der Waals surface area contributed by atoms with Gasteiger partial charge in [0.25, 0.3) is 10.0 Å². The first kappa shape index (κ1) is 27.3. The number of sulfonamides is 1. The van der Waals surface area contributed by atoms with Crippen LogP contribution in [0.15, 0.2) is 93.6 Å². The maximum absolute atomic E-state index is 13.9. The first-order valence-electron chi connectivity index (χ1n) is 12.6. The van der Waals surface area contributed by atoms with Crippen molar-refractivity contribution in [2.24, 2.45) is 0 Å². The summed E-state index contributed by atoms with van der Waals surface area (Å²) >= 11 is 1.53. The maximum Gasteiger partial charge on any atom is 0.269 e. The van der Waals surface area contributed by atoms with E-state index in [-0.39, 0.29) is 15.4 Å². The molecule has 0 N–H and O–H groups in total. The fourth-order valence-electron chi connectivity index (χ4n) is 4.75. The molecule has 0 aliphatic heterocycles. The zero-order valence-corrected chi connectivity index (χ0v) is 24.4. The van der Waals surface area contributed by atoms with E-state index in [0.29, 0.717) is 36.0 Å². The standard InChI is InChI=1S/C29H29N3O4S3/c1-4-17-31(5-2)39(35,36)27-9-7-6-8-25(27)26-19-32(38(33,34)23-12-10-21(3)11-13-23)29-28(26)24(14-16-30-29)22-15-18-37-20-22/h6-16,18-20H,4-5,17H2,1-3H3. The van der Waals surface area contributed by atoms with Gasteiger partial charge in [0.1, 0.15) is 0 Å². The summed E-state index contributed by atoms with van der Waals surface area (Å²) in [5, 5.41) is 4.50. The Labute approximate surface area is 233 Å². The number of hydrogen-bond donors (Lipinski definition) is 0. The molecular weight excluding hydrogens is 551 g/mol. The molecule has 5 rings (SSSR count). The van der Waals surface area contributed by atoms with Gasteiger partial charge in [-0.15, -0.1) is 0 Å². The predicted molar refractivity (Wildman–Crippen MR) is 157 cm³/mol. The highest BCUT2D eigenvalue weighted by atomic mass is 32.2. The molecular formula is C29H29N3O4S3. The number of thiophene rings is 1. The van der Waals surface area contributed by atoms with Crippen LogP contribution in [0.4, 0.5) is 0 Å². The number of hydrogen-bond acceptors (Lipinski definition) is 6. The number of fused-ring (bicyclic) bond motifs is 1. The molecule has 0 bridgehead atoms. The lowest BCUT2D eigenvalue weighted by Crippen LogP contribution is -2.31. The Bertz CT molecular complexity index is 1840. The number of aryl methyl sites for hydroxylation is 1. The minimum absolute atomic E-state index is 0.125. The summed E-state index contributed by atoms with van der Waals surface area (Å²) in [7, 11) is -7.89. The van der Waals surface area contributed by atoms with Crippen LogP contribution in [0.2, 0.25) is 0 Å². The summed E-state index contributed by atoms with van der Waals surface area (Å²) in [4.78, 5) is 4.76. The smallest absolute Gasteiger partial charge is 0.237 e. The Morgan fingerprint density at radius 1 is 0.897 bits per heavy atom. The third-order valence-corrected chi connectivity index (χ3v) is 11.1. The van der Waals surface area contributed by atoms with E-state index < -0.39 is 20.0 Å². The van der Waals surface area contributed by atoms with E-state index in [1.807, 2.05) is 43.7 Å². The highest BCUT2D eigenvalue weighted by molar-refractivity contribution is 7.90. The number of rotatable bonds is 9. The average molecular weight is 580 g/mol. The first-order chi connectivity index (χ1) is 18.7. The third kappa shape index (κ3) is 4.82.